The second kappa shape index (κ2) is 6.19. The highest BCUT2D eigenvalue weighted by atomic mass is 35.5. The number of nitrogens with zero attached hydrogens (tertiary/aromatic N) is 2. The van der Waals surface area contributed by atoms with Crippen LogP contribution in [0.1, 0.15) is 18.4 Å². The summed E-state index contributed by atoms with van der Waals surface area (Å²) in [5.74, 6) is -0.489. The second-order valence-corrected chi connectivity index (χ2v) is 5.44. The topological polar surface area (TPSA) is 89.5 Å². The number of primary amides is 1. The zero-order valence-electron chi connectivity index (χ0n) is 10.9. The molecule has 0 unspecified atom stereocenters. The molecule has 0 saturated carbocycles. The summed E-state index contributed by atoms with van der Waals surface area (Å²) in [6.07, 6.45) is 1.64. The maximum absolute atomic E-state index is 11.2. The monoisotopic (exact) mass is 297 g/mol. The number of nitrogens with two attached hydrogens (primary N) is 1. The van der Waals surface area contributed by atoms with Gasteiger partial charge in [-0.3, -0.25) is 19.8 Å². The number of carbonyl (C=O) groups is 1. The highest BCUT2D eigenvalue weighted by molar-refractivity contribution is 6.30. The van der Waals surface area contributed by atoms with Crippen LogP contribution in [0.4, 0.5) is 5.69 Å². The average molecular weight is 298 g/mol. The lowest BCUT2D eigenvalue weighted by atomic mass is 9.97. The number of rotatable bonds is 4. The lowest BCUT2D eigenvalue weighted by Crippen LogP contribution is -2.40. The Morgan fingerprint density at radius 3 is 2.95 bits per heavy atom. The first-order valence-corrected chi connectivity index (χ1v) is 6.79. The Morgan fingerprint density at radius 2 is 2.30 bits per heavy atom. The zero-order chi connectivity index (χ0) is 14.7. The molecule has 1 saturated heterocycles. The van der Waals surface area contributed by atoms with E-state index in [2.05, 4.69) is 0 Å². The molecule has 1 aromatic rings. The fourth-order valence-corrected chi connectivity index (χ4v) is 2.73. The first kappa shape index (κ1) is 14.7. The van der Waals surface area contributed by atoms with Gasteiger partial charge in [0, 0.05) is 29.7 Å². The van der Waals surface area contributed by atoms with Crippen molar-refractivity contribution in [1.82, 2.24) is 4.90 Å². The van der Waals surface area contributed by atoms with Crippen LogP contribution in [0, 0.1) is 16.0 Å². The molecule has 0 aliphatic carbocycles. The van der Waals surface area contributed by atoms with Crippen molar-refractivity contribution in [3.05, 3.63) is 38.9 Å². The maximum atomic E-state index is 11.2. The van der Waals surface area contributed by atoms with E-state index in [4.69, 9.17) is 17.3 Å². The number of hydrogen-bond acceptors (Lipinski definition) is 4. The summed E-state index contributed by atoms with van der Waals surface area (Å²) in [6.45, 7) is 1.74. The van der Waals surface area contributed by atoms with Crippen LogP contribution in [0.3, 0.4) is 0 Å². The molecule has 0 bridgehead atoms. The molecule has 6 nitrogen and oxygen atoms in total. The molecule has 108 valence electrons. The number of hydrogen-bond donors (Lipinski definition) is 1. The third kappa shape index (κ3) is 3.46. The number of piperidine rings is 1. The smallest absolute Gasteiger partial charge is 0.273 e. The summed E-state index contributed by atoms with van der Waals surface area (Å²) in [5, 5.41) is 11.5. The van der Waals surface area contributed by atoms with Crippen LogP contribution in [0.15, 0.2) is 18.2 Å². The molecule has 20 heavy (non-hydrogen) atoms. The van der Waals surface area contributed by atoms with Gasteiger partial charge in [-0.25, -0.2) is 0 Å². The molecule has 2 N–H and O–H groups in total. The molecule has 1 aliphatic heterocycles. The van der Waals surface area contributed by atoms with Gasteiger partial charge >= 0.3 is 0 Å². The Bertz CT molecular complexity index is 536. The molecule has 1 atom stereocenters. The van der Waals surface area contributed by atoms with Gasteiger partial charge < -0.3 is 5.73 Å². The Kier molecular flexibility index (Phi) is 4.57. The number of amides is 1. The molecule has 1 amide bonds. The number of halogens is 1. The van der Waals surface area contributed by atoms with E-state index in [0.29, 0.717) is 23.7 Å². The third-order valence-corrected chi connectivity index (χ3v) is 3.78. The zero-order valence-corrected chi connectivity index (χ0v) is 11.7. The number of benzene rings is 1. The van der Waals surface area contributed by atoms with Crippen LogP contribution < -0.4 is 5.73 Å². The van der Waals surface area contributed by atoms with E-state index >= 15 is 0 Å². The van der Waals surface area contributed by atoms with Gasteiger partial charge in [0.15, 0.2) is 0 Å². The molecular weight excluding hydrogens is 282 g/mol. The Balaban J connectivity index is 2.15. The highest BCUT2D eigenvalue weighted by Crippen LogP contribution is 2.26. The minimum absolute atomic E-state index is 0.0515. The molecule has 1 aliphatic rings. The lowest BCUT2D eigenvalue weighted by molar-refractivity contribution is -0.385. The number of nitro benzene ring substituents is 1. The van der Waals surface area contributed by atoms with Crippen LogP contribution in [0.5, 0.6) is 0 Å². The maximum Gasteiger partial charge on any atom is 0.273 e. The highest BCUT2D eigenvalue weighted by Gasteiger charge is 2.25. The quantitative estimate of drug-likeness (QED) is 0.679. The van der Waals surface area contributed by atoms with Crippen molar-refractivity contribution in [2.75, 3.05) is 13.1 Å². The Labute approximate surface area is 121 Å². The summed E-state index contributed by atoms with van der Waals surface area (Å²) < 4.78 is 0. The molecule has 1 heterocycles. The van der Waals surface area contributed by atoms with Crippen LogP contribution in [-0.2, 0) is 11.3 Å². The molecule has 0 radical (unpaired) electrons. The number of carbonyl (C=O) groups excluding carboxylic acids is 1. The molecule has 1 fully saturated rings. The van der Waals surface area contributed by atoms with E-state index < -0.39 is 4.92 Å². The molecule has 2 rings (SSSR count). The summed E-state index contributed by atoms with van der Waals surface area (Å²) in [4.78, 5) is 23.9. The summed E-state index contributed by atoms with van der Waals surface area (Å²) in [7, 11) is 0. The largest absolute Gasteiger partial charge is 0.369 e. The van der Waals surface area contributed by atoms with Gasteiger partial charge in [0.05, 0.1) is 10.8 Å². The fourth-order valence-electron chi connectivity index (χ4n) is 2.53. The number of nitro groups is 1. The normalized spacial score (nSPS) is 19.8. The van der Waals surface area contributed by atoms with Crippen molar-refractivity contribution in [3.63, 3.8) is 0 Å². The SMILES string of the molecule is NC(=O)[C@@H]1CCCN(Cc2cc(Cl)ccc2[N+](=O)[O-])C1. The Hall–Kier alpha value is -1.66. The van der Waals surface area contributed by atoms with Crippen LogP contribution in [0.2, 0.25) is 5.02 Å². The van der Waals surface area contributed by atoms with Crippen molar-refractivity contribution >= 4 is 23.2 Å². The lowest BCUT2D eigenvalue weighted by Gasteiger charge is -2.30. The van der Waals surface area contributed by atoms with Crippen molar-refractivity contribution in [2.24, 2.45) is 11.7 Å². The van der Waals surface area contributed by atoms with Crippen LogP contribution in [0.25, 0.3) is 0 Å². The van der Waals surface area contributed by atoms with Gasteiger partial charge in [0.1, 0.15) is 0 Å². The predicted octanol–water partition coefficient (Wildman–Crippen LogP) is 1.95. The summed E-state index contributed by atoms with van der Waals surface area (Å²) >= 11 is 5.90. The van der Waals surface area contributed by atoms with E-state index in [-0.39, 0.29) is 17.5 Å². The summed E-state index contributed by atoms with van der Waals surface area (Å²) in [5.41, 5.74) is 5.94. The van der Waals surface area contributed by atoms with Crippen molar-refractivity contribution in [1.29, 1.82) is 0 Å². The van der Waals surface area contributed by atoms with E-state index in [1.165, 1.54) is 12.1 Å². The van der Waals surface area contributed by atoms with Gasteiger partial charge in [-0.2, -0.15) is 0 Å². The third-order valence-electron chi connectivity index (χ3n) is 3.54. The molecule has 1 aromatic carbocycles. The van der Waals surface area contributed by atoms with Gasteiger partial charge in [0.25, 0.3) is 5.69 Å². The first-order chi connectivity index (χ1) is 9.47. The fraction of sp³-hybridized carbons (Fsp3) is 0.462. The van der Waals surface area contributed by atoms with Gasteiger partial charge in [-0.1, -0.05) is 11.6 Å². The standard InChI is InChI=1S/C13H16ClN3O3/c14-11-3-4-12(17(19)20)10(6-11)8-16-5-1-2-9(7-16)13(15)18/h3-4,6,9H,1-2,5,7-8H2,(H2,15,18)/t9-/m1/s1. The van der Waals surface area contributed by atoms with Crippen molar-refractivity contribution in [2.45, 2.75) is 19.4 Å². The second-order valence-electron chi connectivity index (χ2n) is 5.01. The van der Waals surface area contributed by atoms with E-state index in [1.54, 1.807) is 6.07 Å². The van der Waals surface area contributed by atoms with Gasteiger partial charge in [0.2, 0.25) is 5.91 Å². The molecule has 7 heteroatoms. The molecule has 0 spiro atoms. The molecule has 0 aromatic heterocycles. The van der Waals surface area contributed by atoms with Crippen molar-refractivity contribution in [3.8, 4) is 0 Å². The van der Waals surface area contributed by atoms with Crippen LogP contribution >= 0.6 is 11.6 Å². The van der Waals surface area contributed by atoms with E-state index in [9.17, 15) is 14.9 Å². The van der Waals surface area contributed by atoms with Crippen molar-refractivity contribution < 1.29 is 9.72 Å². The molecular formula is C13H16ClN3O3. The number of likely N-dealkylation sites (tertiary alicyclic amines) is 1. The van der Waals surface area contributed by atoms with Crippen LogP contribution in [-0.4, -0.2) is 28.8 Å². The van der Waals surface area contributed by atoms with E-state index in [0.717, 1.165) is 19.4 Å². The predicted molar refractivity (Wildman–Crippen MR) is 75.3 cm³/mol. The summed E-state index contributed by atoms with van der Waals surface area (Å²) in [6, 6.07) is 4.52. The van der Waals surface area contributed by atoms with E-state index in [1.807, 2.05) is 4.90 Å². The minimum atomic E-state index is -0.415. The Morgan fingerprint density at radius 1 is 1.55 bits per heavy atom. The van der Waals surface area contributed by atoms with Gasteiger partial charge in [-0.15, -0.1) is 0 Å². The minimum Gasteiger partial charge on any atom is -0.369 e. The van der Waals surface area contributed by atoms with Gasteiger partial charge in [-0.05, 0) is 31.5 Å². The average Bonchev–Trinajstić information content (AvgIpc) is 2.38. The first-order valence-electron chi connectivity index (χ1n) is 6.42.